The summed E-state index contributed by atoms with van der Waals surface area (Å²) in [6.45, 7) is 11.3. The molecule has 1 amide bonds. The summed E-state index contributed by atoms with van der Waals surface area (Å²) in [7, 11) is -1.25. The molecule has 1 fully saturated rings. The second-order valence-corrected chi connectivity index (χ2v) is 24.1. The number of imidazole rings is 1. The molecule has 0 radical (unpaired) electrons. The van der Waals surface area contributed by atoms with Crippen LogP contribution >= 0.6 is 0 Å². The van der Waals surface area contributed by atoms with Crippen LogP contribution in [-0.4, -0.2) is 73.4 Å². The molecule has 7 rings (SSSR count). The van der Waals surface area contributed by atoms with Crippen molar-refractivity contribution in [1.82, 2.24) is 29.1 Å². The predicted octanol–water partition coefficient (Wildman–Crippen LogP) is 8.58. The number of hydrogen-bond acceptors (Lipinski definition) is 8. The van der Waals surface area contributed by atoms with Crippen LogP contribution in [0.25, 0.3) is 22.2 Å². The minimum absolute atomic E-state index is 0.0693. The molecule has 4 heterocycles. The van der Waals surface area contributed by atoms with Gasteiger partial charge in [-0.2, -0.15) is 22.0 Å². The van der Waals surface area contributed by atoms with E-state index in [1.807, 2.05) is 37.5 Å². The Balaban J connectivity index is 1.27. The molecule has 17 heteroatoms. The van der Waals surface area contributed by atoms with Gasteiger partial charge in [0.05, 0.1) is 23.1 Å². The third-order valence-corrected chi connectivity index (χ3v) is 17.8. The normalized spacial score (nSPS) is 24.8. The fraction of sp³-hybridized carbons (Fsp3) is 0.526. The Kier molecular flexibility index (Phi) is 9.32. The van der Waals surface area contributed by atoms with E-state index in [1.54, 1.807) is 57.9 Å². The van der Waals surface area contributed by atoms with Crippen LogP contribution in [0.3, 0.4) is 0 Å². The van der Waals surface area contributed by atoms with Gasteiger partial charge in [0.2, 0.25) is 0 Å². The maximum Gasteiger partial charge on any atom is 0.416 e. The van der Waals surface area contributed by atoms with Gasteiger partial charge >= 0.3 is 12.8 Å². The van der Waals surface area contributed by atoms with Crippen LogP contribution in [0.4, 0.5) is 22.0 Å². The zero-order valence-corrected chi connectivity index (χ0v) is 34.0. The molecular formula is C38H45F5N6O4SSi. The van der Waals surface area contributed by atoms with Gasteiger partial charge in [-0.05, 0) is 68.7 Å². The first-order chi connectivity index (χ1) is 25.4. The maximum atomic E-state index is 15.0. The molecule has 55 heavy (non-hydrogen) atoms. The molecule has 296 valence electrons. The predicted molar refractivity (Wildman–Crippen MR) is 200 cm³/mol. The number of rotatable bonds is 8. The van der Waals surface area contributed by atoms with Crippen LogP contribution in [0.15, 0.2) is 48.8 Å². The fourth-order valence-electron chi connectivity index (χ4n) is 7.68. The molecule has 0 spiro atoms. The molecular weight excluding hydrogens is 760 g/mol. The van der Waals surface area contributed by atoms with E-state index in [1.165, 1.54) is 24.5 Å². The number of aromatic nitrogens is 4. The topological polar surface area (TPSA) is 117 Å². The molecule has 10 nitrogen and oxygen atoms in total. The van der Waals surface area contributed by atoms with Gasteiger partial charge in [-0.1, -0.05) is 32.9 Å². The fourth-order valence-corrected chi connectivity index (χ4v) is 10.1. The van der Waals surface area contributed by atoms with Crippen molar-refractivity contribution in [3.63, 3.8) is 0 Å². The monoisotopic (exact) mass is 804 g/mol. The Morgan fingerprint density at radius 3 is 2.24 bits per heavy atom. The van der Waals surface area contributed by atoms with Gasteiger partial charge in [0.15, 0.2) is 19.7 Å². The Hall–Kier alpha value is -3.64. The number of hydrogen-bond donors (Lipinski definition) is 1. The van der Waals surface area contributed by atoms with Gasteiger partial charge in [-0.15, -0.1) is 4.72 Å². The second-order valence-electron chi connectivity index (χ2n) is 17.4. The number of nitrogens with one attached hydrogen (secondary N) is 1. The van der Waals surface area contributed by atoms with E-state index in [0.717, 1.165) is 0 Å². The van der Waals surface area contributed by atoms with Crippen molar-refractivity contribution in [2.24, 2.45) is 0 Å². The molecule has 1 N–H and O–H groups in total. The van der Waals surface area contributed by atoms with Crippen LogP contribution in [0.5, 0.6) is 5.75 Å². The minimum atomic E-state index is -4.70. The first kappa shape index (κ1) is 39.6. The van der Waals surface area contributed by atoms with E-state index in [4.69, 9.17) is 14.1 Å². The lowest BCUT2D eigenvalue weighted by Crippen LogP contribution is -2.73. The summed E-state index contributed by atoms with van der Waals surface area (Å²) in [4.78, 5) is 29.1. The Bertz CT molecular complexity index is 2140. The zero-order chi connectivity index (χ0) is 40.3. The number of halogens is 5. The first-order valence-electron chi connectivity index (χ1n) is 18.0. The lowest BCUT2D eigenvalue weighted by Gasteiger charge is -2.58. The summed E-state index contributed by atoms with van der Waals surface area (Å²) in [5, 5.41) is -0.490. The van der Waals surface area contributed by atoms with Crippen LogP contribution < -0.4 is 9.46 Å². The molecule has 3 aliphatic rings. The van der Waals surface area contributed by atoms with Crippen molar-refractivity contribution < 1.29 is 40.5 Å². The van der Waals surface area contributed by atoms with Crippen molar-refractivity contribution >= 4 is 36.6 Å². The summed E-state index contributed by atoms with van der Waals surface area (Å²) in [5.74, 6) is 0.280. The van der Waals surface area contributed by atoms with Crippen LogP contribution in [0.2, 0.25) is 18.1 Å². The Labute approximate surface area is 320 Å². The first-order valence-corrected chi connectivity index (χ1v) is 22.1. The van der Waals surface area contributed by atoms with Gasteiger partial charge < -0.3 is 23.2 Å². The minimum Gasteiger partial charge on any atom is -0.598 e. The number of amides is 1. The Morgan fingerprint density at radius 2 is 1.65 bits per heavy atom. The molecule has 4 aromatic rings. The molecule has 1 aliphatic carbocycles. The van der Waals surface area contributed by atoms with Gasteiger partial charge in [0.1, 0.15) is 21.9 Å². The average molecular weight is 805 g/mol. The number of ether oxygens (including phenoxy) is 1. The SMILES string of the molecule is CN1C(=O)c2cccc(OC(F)F)c2[C@H]2C[C@@H]1c1nc3ccc(-c4cnc(C5(N[S@@+]([O-])C(C)(C)C)CC(O[Si](C)(C)C(C)(C)C)(C(F)(F)F)C5)nc4)cc3n12. The van der Waals surface area contributed by atoms with Crippen LogP contribution in [0.1, 0.15) is 100 Å². The molecule has 2 bridgehead atoms. The summed E-state index contributed by atoms with van der Waals surface area (Å²) in [6, 6.07) is 9.09. The zero-order valence-electron chi connectivity index (χ0n) is 32.1. The molecule has 1 saturated carbocycles. The van der Waals surface area contributed by atoms with Gasteiger partial charge in [-0.25, -0.2) is 15.0 Å². The number of alkyl halides is 5. The number of carbonyl (C=O) groups is 1. The van der Waals surface area contributed by atoms with Crippen LogP contribution in [0, 0.1) is 0 Å². The van der Waals surface area contributed by atoms with Crippen molar-refractivity contribution in [2.75, 3.05) is 7.05 Å². The molecule has 2 aromatic heterocycles. The van der Waals surface area contributed by atoms with Crippen LogP contribution in [-0.2, 0) is 21.3 Å². The van der Waals surface area contributed by atoms with E-state index in [2.05, 4.69) is 14.7 Å². The lowest BCUT2D eigenvalue weighted by atomic mass is 9.64. The number of benzene rings is 2. The van der Waals surface area contributed by atoms with Crippen molar-refractivity contribution in [3.8, 4) is 16.9 Å². The average Bonchev–Trinajstić information content (AvgIpc) is 3.58. The molecule has 0 saturated heterocycles. The highest BCUT2D eigenvalue weighted by atomic mass is 32.2. The number of fused-ring (bicyclic) bond motifs is 9. The van der Waals surface area contributed by atoms with E-state index >= 15 is 0 Å². The smallest absolute Gasteiger partial charge is 0.416 e. The van der Waals surface area contributed by atoms with Crippen molar-refractivity contribution in [3.05, 3.63) is 71.6 Å². The lowest BCUT2D eigenvalue weighted by molar-refractivity contribution is -0.299. The highest BCUT2D eigenvalue weighted by Gasteiger charge is 2.73. The summed E-state index contributed by atoms with van der Waals surface area (Å²) in [6.07, 6.45) is -2.36. The molecule has 2 aliphatic heterocycles. The quantitative estimate of drug-likeness (QED) is 0.107. The third kappa shape index (κ3) is 6.52. The van der Waals surface area contributed by atoms with Crippen molar-refractivity contribution in [2.45, 2.75) is 120 Å². The standard InChI is InChI=1S/C38H45F5N6O4SSi/c1-34(2,3)54(51)47-36(19-37(20-36,38(41,42)43)53-55(8,9)35(4,5)6)32-44-17-22(18-45-32)21-13-14-24-25(15-21)49-26-16-27(30(49)46-24)48(7)31(50)23-11-10-12-28(29(23)26)52-33(39)40/h10-15,17-18,26-27,33,47H,16,19-20H2,1-9H3/t26-,27-,36?,37?,54+/m1/s1. The van der Waals surface area contributed by atoms with E-state index in [-0.39, 0.29) is 23.0 Å². The Morgan fingerprint density at radius 1 is 1.00 bits per heavy atom. The van der Waals surface area contributed by atoms with E-state index in [9.17, 15) is 31.3 Å². The highest BCUT2D eigenvalue weighted by Crippen LogP contribution is 2.60. The van der Waals surface area contributed by atoms with E-state index in [0.29, 0.717) is 40.0 Å². The van der Waals surface area contributed by atoms with Gasteiger partial charge in [0.25, 0.3) is 5.91 Å². The second kappa shape index (κ2) is 12.9. The third-order valence-electron chi connectivity index (χ3n) is 11.6. The molecule has 2 aromatic carbocycles. The summed E-state index contributed by atoms with van der Waals surface area (Å²) >= 11 is -1.76. The molecule has 3 atom stereocenters. The van der Waals surface area contributed by atoms with Gasteiger partial charge in [-0.3, -0.25) is 4.79 Å². The summed E-state index contributed by atoms with van der Waals surface area (Å²) in [5.41, 5.74) is -0.810. The van der Waals surface area contributed by atoms with Gasteiger partial charge in [0, 0.05) is 66.8 Å². The maximum absolute atomic E-state index is 15.0. The number of nitrogens with zero attached hydrogens (tertiary/aromatic N) is 5. The number of carbonyl (C=O) groups excluding carboxylic acids is 1. The van der Waals surface area contributed by atoms with Crippen molar-refractivity contribution in [1.29, 1.82) is 0 Å². The highest BCUT2D eigenvalue weighted by molar-refractivity contribution is 7.90. The van der Waals surface area contributed by atoms with E-state index < -0.39 is 78.3 Å². The molecule has 0 unspecified atom stereocenters. The largest absolute Gasteiger partial charge is 0.598 e. The summed E-state index contributed by atoms with van der Waals surface area (Å²) < 4.78 is 101.